The zero-order valence-corrected chi connectivity index (χ0v) is 4.85. The van der Waals surface area contributed by atoms with Crippen LogP contribution < -0.4 is 0 Å². The lowest BCUT2D eigenvalue weighted by atomic mass is 11.8. The van der Waals surface area contributed by atoms with E-state index in [1.165, 1.54) is 0 Å². The van der Waals surface area contributed by atoms with Crippen molar-refractivity contribution in [3.05, 3.63) is 7.11 Å². The van der Waals surface area contributed by atoms with E-state index < -0.39 is 9.04 Å². The highest BCUT2D eigenvalue weighted by Crippen LogP contribution is 1.75. The van der Waals surface area contributed by atoms with Gasteiger partial charge < -0.3 is 4.43 Å². The van der Waals surface area contributed by atoms with E-state index in [1.807, 2.05) is 0 Å². The summed E-state index contributed by atoms with van der Waals surface area (Å²) in [6.07, 6.45) is 0. The molecule has 0 aromatic heterocycles. The summed E-state index contributed by atoms with van der Waals surface area (Å²) in [5.74, 6) is 0. The highest BCUT2D eigenvalue weighted by molar-refractivity contribution is 6.48. The third kappa shape index (κ3) is 4.18. The van der Waals surface area contributed by atoms with E-state index in [4.69, 9.17) is 0 Å². The number of hydrogen-bond donors (Lipinski definition) is 0. The van der Waals surface area contributed by atoms with Crippen molar-refractivity contribution in [2.75, 3.05) is 0 Å². The normalized spacial score (nSPS) is 9.60. The minimum atomic E-state index is -0.761. The summed E-state index contributed by atoms with van der Waals surface area (Å²) in [5, 5.41) is 0. The first-order chi connectivity index (χ1) is 2.27. The molecule has 0 aliphatic heterocycles. The molecule has 0 aromatic carbocycles. The van der Waals surface area contributed by atoms with E-state index in [9.17, 15) is 0 Å². The van der Waals surface area contributed by atoms with Gasteiger partial charge in [0, 0.05) is 0 Å². The van der Waals surface area contributed by atoms with Gasteiger partial charge in [-0.2, -0.15) is 0 Å². The van der Waals surface area contributed by atoms with Gasteiger partial charge in [0.15, 0.2) is 9.04 Å². The molecule has 0 aliphatic rings. The molecule has 2 heteroatoms. The molecular weight excluding hydrogens is 80.1 g/mol. The van der Waals surface area contributed by atoms with Gasteiger partial charge in [0.25, 0.3) is 0 Å². The van der Waals surface area contributed by atoms with Crippen LogP contribution in [0.5, 0.6) is 0 Å². The van der Waals surface area contributed by atoms with Gasteiger partial charge in [-0.15, -0.1) is 0 Å². The van der Waals surface area contributed by atoms with Crippen LogP contribution in [-0.2, 0) is 4.43 Å². The predicted octanol–water partition coefficient (Wildman–Crippen LogP) is 0.778. The maximum absolute atomic E-state index is 4.64. The first-order valence-electron chi connectivity index (χ1n) is 1.68. The number of hydrogen-bond acceptors (Lipinski definition) is 1. The SMILES string of the molecule is [CH2]O[SiH](C)C. The predicted molar refractivity (Wildman–Crippen MR) is 25.3 cm³/mol. The van der Waals surface area contributed by atoms with Crippen molar-refractivity contribution in [3.63, 3.8) is 0 Å². The second kappa shape index (κ2) is 2.42. The molecule has 31 valence electrons. The molecule has 0 atom stereocenters. The Morgan fingerprint density at radius 2 is 1.80 bits per heavy atom. The van der Waals surface area contributed by atoms with Gasteiger partial charge >= 0.3 is 0 Å². The van der Waals surface area contributed by atoms with E-state index in [0.717, 1.165) is 0 Å². The van der Waals surface area contributed by atoms with E-state index in [1.54, 1.807) is 0 Å². The topological polar surface area (TPSA) is 9.23 Å². The highest BCUT2D eigenvalue weighted by Gasteiger charge is 1.83. The first-order valence-corrected chi connectivity index (χ1v) is 4.46. The lowest BCUT2D eigenvalue weighted by molar-refractivity contribution is 0.492. The molecule has 0 amide bonds. The Morgan fingerprint density at radius 3 is 1.80 bits per heavy atom. The van der Waals surface area contributed by atoms with Crippen molar-refractivity contribution >= 4 is 9.04 Å². The van der Waals surface area contributed by atoms with Crippen LogP contribution in [0.4, 0.5) is 0 Å². The molecule has 0 bridgehead atoms. The Kier molecular flexibility index (Phi) is 2.50. The van der Waals surface area contributed by atoms with Crippen molar-refractivity contribution in [2.24, 2.45) is 0 Å². The van der Waals surface area contributed by atoms with Crippen molar-refractivity contribution < 1.29 is 4.43 Å². The van der Waals surface area contributed by atoms with Gasteiger partial charge in [-0.05, 0) is 13.1 Å². The molecule has 0 fully saturated rings. The molecule has 0 aromatic rings. The average molecular weight is 89.2 g/mol. The Hall–Kier alpha value is 0.177. The smallest absolute Gasteiger partial charge is 0.171 e. The Labute approximate surface area is 34.7 Å². The van der Waals surface area contributed by atoms with Gasteiger partial charge in [0.05, 0.1) is 7.11 Å². The summed E-state index contributed by atoms with van der Waals surface area (Å²) in [7, 11) is 2.49. The van der Waals surface area contributed by atoms with E-state index in [2.05, 4.69) is 24.6 Å². The third-order valence-corrected chi connectivity index (χ3v) is 1.00. The number of rotatable bonds is 1. The fourth-order valence-electron chi connectivity index (χ4n) is 0. The summed E-state index contributed by atoms with van der Waals surface area (Å²) in [6, 6.07) is 0. The largest absolute Gasteiger partial charge is 0.418 e. The fraction of sp³-hybridized carbons (Fsp3) is 0.667. The minimum absolute atomic E-state index is 0.761. The van der Waals surface area contributed by atoms with Crippen molar-refractivity contribution in [1.82, 2.24) is 0 Å². The fourth-order valence-corrected chi connectivity index (χ4v) is 0. The van der Waals surface area contributed by atoms with Crippen LogP contribution in [0, 0.1) is 7.11 Å². The van der Waals surface area contributed by atoms with Crippen LogP contribution in [-0.4, -0.2) is 9.04 Å². The molecule has 5 heavy (non-hydrogen) atoms. The van der Waals surface area contributed by atoms with Gasteiger partial charge in [-0.25, -0.2) is 0 Å². The average Bonchev–Trinajstić information content (AvgIpc) is 1.38. The monoisotopic (exact) mass is 89.0 g/mol. The maximum Gasteiger partial charge on any atom is 0.171 e. The third-order valence-electron chi connectivity index (χ3n) is 0.333. The van der Waals surface area contributed by atoms with Gasteiger partial charge in [0.2, 0.25) is 0 Å². The highest BCUT2D eigenvalue weighted by atomic mass is 28.3. The van der Waals surface area contributed by atoms with Crippen molar-refractivity contribution in [1.29, 1.82) is 0 Å². The van der Waals surface area contributed by atoms with E-state index >= 15 is 0 Å². The Morgan fingerprint density at radius 1 is 1.60 bits per heavy atom. The molecule has 1 nitrogen and oxygen atoms in total. The molecule has 0 saturated carbocycles. The molecular formula is C3H9OSi. The van der Waals surface area contributed by atoms with Crippen LogP contribution in [0.2, 0.25) is 13.1 Å². The van der Waals surface area contributed by atoms with Gasteiger partial charge in [-0.1, -0.05) is 0 Å². The molecule has 0 saturated heterocycles. The molecule has 1 radical (unpaired) electrons. The van der Waals surface area contributed by atoms with Crippen LogP contribution >= 0.6 is 0 Å². The van der Waals surface area contributed by atoms with Crippen LogP contribution in [0.3, 0.4) is 0 Å². The molecule has 0 aliphatic carbocycles. The molecule has 0 spiro atoms. The lowest BCUT2D eigenvalue weighted by Gasteiger charge is -1.91. The quantitative estimate of drug-likeness (QED) is 0.431. The standard InChI is InChI=1S/C3H9OSi/c1-4-5(2)3/h5H,1H2,2-3H3. The lowest BCUT2D eigenvalue weighted by Crippen LogP contribution is -1.99. The summed E-state index contributed by atoms with van der Waals surface area (Å²) in [4.78, 5) is 0. The van der Waals surface area contributed by atoms with Gasteiger partial charge in [-0.3, -0.25) is 0 Å². The van der Waals surface area contributed by atoms with Crippen molar-refractivity contribution in [3.8, 4) is 0 Å². The zero-order chi connectivity index (χ0) is 4.28. The maximum atomic E-state index is 4.64. The second-order valence-electron chi connectivity index (χ2n) is 1.22. The molecule has 0 N–H and O–H groups in total. The Balaban J connectivity index is 2.54. The van der Waals surface area contributed by atoms with E-state index in [0.29, 0.717) is 0 Å². The second-order valence-corrected chi connectivity index (χ2v) is 3.65. The van der Waals surface area contributed by atoms with Crippen molar-refractivity contribution in [2.45, 2.75) is 13.1 Å². The summed E-state index contributed by atoms with van der Waals surface area (Å²) >= 11 is 0. The zero-order valence-electron chi connectivity index (χ0n) is 3.69. The first kappa shape index (κ1) is 5.18. The van der Waals surface area contributed by atoms with Gasteiger partial charge in [0.1, 0.15) is 0 Å². The molecule has 0 unspecified atom stereocenters. The Bertz CT molecular complexity index is 20.9. The molecule has 0 heterocycles. The van der Waals surface area contributed by atoms with E-state index in [-0.39, 0.29) is 0 Å². The summed E-state index contributed by atoms with van der Waals surface area (Å²) in [5.41, 5.74) is 0. The van der Waals surface area contributed by atoms with Crippen LogP contribution in [0.1, 0.15) is 0 Å². The minimum Gasteiger partial charge on any atom is -0.418 e. The summed E-state index contributed by atoms with van der Waals surface area (Å²) in [6.45, 7) is 4.15. The van der Waals surface area contributed by atoms with Crippen LogP contribution in [0.25, 0.3) is 0 Å². The molecule has 0 rings (SSSR count). The summed E-state index contributed by atoms with van der Waals surface area (Å²) < 4.78 is 4.64. The van der Waals surface area contributed by atoms with Crippen LogP contribution in [0.15, 0.2) is 0 Å².